The third kappa shape index (κ3) is 5.35. The number of likely N-dealkylation sites (tertiary alicyclic amines) is 1. The zero-order chi connectivity index (χ0) is 18.4. The zero-order valence-electron chi connectivity index (χ0n) is 15.2. The van der Waals surface area contributed by atoms with E-state index in [-0.39, 0.29) is 30.3 Å². The fourth-order valence-electron chi connectivity index (χ4n) is 3.67. The highest BCUT2D eigenvalue weighted by Crippen LogP contribution is 2.20. The number of piperidine rings is 1. The van der Waals surface area contributed by atoms with Crippen LogP contribution in [0.4, 0.5) is 4.39 Å². The fraction of sp³-hybridized carbons (Fsp3) is 0.600. The fourth-order valence-corrected chi connectivity index (χ4v) is 3.67. The molecule has 2 aliphatic rings. The normalized spacial score (nSPS) is 19.5. The van der Waals surface area contributed by atoms with Crippen molar-refractivity contribution in [1.29, 1.82) is 0 Å². The predicted molar refractivity (Wildman–Crippen MR) is 96.5 cm³/mol. The van der Waals surface area contributed by atoms with Crippen LogP contribution in [-0.4, -0.2) is 67.4 Å². The Morgan fingerprint density at radius 1 is 1.00 bits per heavy atom. The number of benzene rings is 1. The minimum Gasteiger partial charge on any atom is -0.379 e. The summed E-state index contributed by atoms with van der Waals surface area (Å²) in [5.74, 6) is 0.210. The van der Waals surface area contributed by atoms with Crippen molar-refractivity contribution in [2.24, 2.45) is 5.92 Å². The van der Waals surface area contributed by atoms with E-state index >= 15 is 0 Å². The first kappa shape index (κ1) is 19.0. The van der Waals surface area contributed by atoms with E-state index in [0.717, 1.165) is 58.8 Å². The topological polar surface area (TPSA) is 49.9 Å². The first-order valence-electron chi connectivity index (χ1n) is 9.48. The molecule has 2 fully saturated rings. The van der Waals surface area contributed by atoms with Gasteiger partial charge in [-0.25, -0.2) is 4.39 Å². The van der Waals surface area contributed by atoms with Gasteiger partial charge < -0.3 is 9.64 Å². The second kappa shape index (κ2) is 9.24. The summed E-state index contributed by atoms with van der Waals surface area (Å²) in [6.45, 7) is 6.29. The van der Waals surface area contributed by atoms with Crippen molar-refractivity contribution in [2.45, 2.75) is 25.7 Å². The number of hydrogen-bond donors (Lipinski definition) is 0. The summed E-state index contributed by atoms with van der Waals surface area (Å²) in [6, 6.07) is 5.49. The maximum absolute atomic E-state index is 12.9. The third-order valence-electron chi connectivity index (χ3n) is 5.32. The number of nitrogens with zero attached hydrogens (tertiary/aromatic N) is 2. The molecular formula is C20H27FN2O3. The molecule has 0 unspecified atom stereocenters. The molecule has 0 aromatic heterocycles. The van der Waals surface area contributed by atoms with E-state index < -0.39 is 0 Å². The highest BCUT2D eigenvalue weighted by atomic mass is 19.1. The summed E-state index contributed by atoms with van der Waals surface area (Å²) >= 11 is 0. The number of amides is 1. The molecule has 142 valence electrons. The minimum atomic E-state index is -0.363. The minimum absolute atomic E-state index is 0.0466. The molecule has 3 rings (SSSR count). The van der Waals surface area contributed by atoms with Crippen molar-refractivity contribution in [3.63, 3.8) is 0 Å². The van der Waals surface area contributed by atoms with Crippen molar-refractivity contribution >= 4 is 11.7 Å². The number of hydrogen-bond acceptors (Lipinski definition) is 4. The maximum Gasteiger partial charge on any atom is 0.223 e. The Labute approximate surface area is 154 Å². The lowest BCUT2D eigenvalue weighted by molar-refractivity contribution is -0.132. The van der Waals surface area contributed by atoms with Gasteiger partial charge >= 0.3 is 0 Å². The first-order chi connectivity index (χ1) is 12.6. The molecule has 0 bridgehead atoms. The standard InChI is InChI=1S/C20H27FN2O3/c21-18-3-1-17(2-4-18)19(24)5-6-20(25)23-9-7-16(8-10-23)15-22-11-13-26-14-12-22/h1-4,16H,5-15H2. The van der Waals surface area contributed by atoms with Crippen molar-refractivity contribution in [1.82, 2.24) is 9.80 Å². The van der Waals surface area contributed by atoms with Crippen LogP contribution in [0.15, 0.2) is 24.3 Å². The Kier molecular flexibility index (Phi) is 6.74. The van der Waals surface area contributed by atoms with Crippen LogP contribution in [-0.2, 0) is 9.53 Å². The molecule has 0 saturated carbocycles. The Hall–Kier alpha value is -1.79. The molecule has 0 radical (unpaired) electrons. The lowest BCUT2D eigenvalue weighted by atomic mass is 9.95. The SMILES string of the molecule is O=C(CCC(=O)N1CCC(CN2CCOCC2)CC1)c1ccc(F)cc1. The van der Waals surface area contributed by atoms with E-state index in [4.69, 9.17) is 4.74 Å². The van der Waals surface area contributed by atoms with Gasteiger partial charge in [-0.2, -0.15) is 0 Å². The average molecular weight is 362 g/mol. The van der Waals surface area contributed by atoms with Crippen LogP contribution in [0.25, 0.3) is 0 Å². The highest BCUT2D eigenvalue weighted by Gasteiger charge is 2.25. The molecule has 0 aliphatic carbocycles. The maximum atomic E-state index is 12.9. The Morgan fingerprint density at radius 3 is 2.31 bits per heavy atom. The van der Waals surface area contributed by atoms with Crippen molar-refractivity contribution in [3.8, 4) is 0 Å². The number of rotatable bonds is 6. The van der Waals surface area contributed by atoms with E-state index in [2.05, 4.69) is 4.90 Å². The first-order valence-corrected chi connectivity index (χ1v) is 9.48. The summed E-state index contributed by atoms with van der Waals surface area (Å²) < 4.78 is 18.3. The van der Waals surface area contributed by atoms with Crippen molar-refractivity contribution in [3.05, 3.63) is 35.6 Å². The molecule has 5 nitrogen and oxygen atoms in total. The van der Waals surface area contributed by atoms with Gasteiger partial charge in [0.1, 0.15) is 5.82 Å². The summed E-state index contributed by atoms with van der Waals surface area (Å²) in [6.07, 6.45) is 2.45. The van der Waals surface area contributed by atoms with Crippen LogP contribution >= 0.6 is 0 Å². The van der Waals surface area contributed by atoms with Gasteiger partial charge in [0.05, 0.1) is 13.2 Å². The smallest absolute Gasteiger partial charge is 0.223 e. The molecule has 0 N–H and O–H groups in total. The van der Waals surface area contributed by atoms with Crippen LogP contribution in [0.3, 0.4) is 0 Å². The number of ketones is 1. The Bertz CT molecular complexity index is 606. The second-order valence-electron chi connectivity index (χ2n) is 7.17. The largest absolute Gasteiger partial charge is 0.379 e. The van der Waals surface area contributed by atoms with E-state index in [1.165, 1.54) is 24.3 Å². The zero-order valence-corrected chi connectivity index (χ0v) is 15.2. The Balaban J connectivity index is 1.38. The van der Waals surface area contributed by atoms with Gasteiger partial charge in [-0.1, -0.05) is 0 Å². The van der Waals surface area contributed by atoms with Crippen LogP contribution in [0.2, 0.25) is 0 Å². The van der Waals surface area contributed by atoms with Crippen LogP contribution in [0.5, 0.6) is 0 Å². The number of carbonyl (C=O) groups excluding carboxylic acids is 2. The summed E-state index contributed by atoms with van der Waals surface area (Å²) in [7, 11) is 0. The second-order valence-corrected chi connectivity index (χ2v) is 7.17. The molecule has 2 aliphatic heterocycles. The van der Waals surface area contributed by atoms with Gasteiger partial charge in [-0.15, -0.1) is 0 Å². The van der Waals surface area contributed by atoms with Crippen LogP contribution in [0.1, 0.15) is 36.0 Å². The average Bonchev–Trinajstić information content (AvgIpc) is 2.68. The summed E-state index contributed by atoms with van der Waals surface area (Å²) in [4.78, 5) is 28.8. The summed E-state index contributed by atoms with van der Waals surface area (Å²) in [5.41, 5.74) is 0.461. The van der Waals surface area contributed by atoms with E-state index in [1.54, 1.807) is 0 Å². The molecule has 1 amide bonds. The molecule has 0 atom stereocenters. The summed E-state index contributed by atoms with van der Waals surface area (Å²) in [5, 5.41) is 0. The number of halogens is 1. The molecule has 1 aromatic carbocycles. The predicted octanol–water partition coefficient (Wildman–Crippen LogP) is 2.36. The third-order valence-corrected chi connectivity index (χ3v) is 5.32. The molecule has 0 spiro atoms. The molecule has 1 aromatic rings. The van der Waals surface area contributed by atoms with E-state index in [0.29, 0.717) is 11.5 Å². The Morgan fingerprint density at radius 2 is 1.65 bits per heavy atom. The van der Waals surface area contributed by atoms with E-state index in [9.17, 15) is 14.0 Å². The molecule has 2 heterocycles. The van der Waals surface area contributed by atoms with Gasteiger partial charge in [0, 0.05) is 51.1 Å². The highest BCUT2D eigenvalue weighted by molar-refractivity contribution is 5.97. The molecular weight excluding hydrogens is 335 g/mol. The van der Waals surface area contributed by atoms with Gasteiger partial charge in [-0.3, -0.25) is 14.5 Å². The lowest BCUT2D eigenvalue weighted by Gasteiger charge is -2.36. The van der Waals surface area contributed by atoms with Gasteiger partial charge in [-0.05, 0) is 43.0 Å². The molecule has 6 heteroatoms. The molecule has 2 saturated heterocycles. The number of morpholine rings is 1. The lowest BCUT2D eigenvalue weighted by Crippen LogP contribution is -2.44. The van der Waals surface area contributed by atoms with E-state index in [1.807, 2.05) is 4.90 Å². The number of ether oxygens (including phenoxy) is 1. The van der Waals surface area contributed by atoms with Crippen molar-refractivity contribution in [2.75, 3.05) is 45.9 Å². The van der Waals surface area contributed by atoms with Crippen molar-refractivity contribution < 1.29 is 18.7 Å². The van der Waals surface area contributed by atoms with Gasteiger partial charge in [0.15, 0.2) is 5.78 Å². The quantitative estimate of drug-likeness (QED) is 0.729. The van der Waals surface area contributed by atoms with Crippen LogP contribution in [0, 0.1) is 11.7 Å². The molecule has 26 heavy (non-hydrogen) atoms. The monoisotopic (exact) mass is 362 g/mol. The number of Topliss-reactive ketones (excluding diaryl/α,β-unsaturated/α-hetero) is 1. The van der Waals surface area contributed by atoms with Gasteiger partial charge in [0.25, 0.3) is 0 Å². The van der Waals surface area contributed by atoms with Gasteiger partial charge in [0.2, 0.25) is 5.91 Å². The van der Waals surface area contributed by atoms with Crippen LogP contribution < -0.4 is 0 Å². The number of carbonyl (C=O) groups is 2.